The van der Waals surface area contributed by atoms with Gasteiger partial charge in [0, 0.05) is 6.54 Å². The highest BCUT2D eigenvalue weighted by Crippen LogP contribution is 2.18. The molecule has 1 saturated heterocycles. The first kappa shape index (κ1) is 18.9. The van der Waals surface area contributed by atoms with E-state index in [4.69, 9.17) is 5.73 Å². The molecule has 0 radical (unpaired) electrons. The highest BCUT2D eigenvalue weighted by Gasteiger charge is 2.36. The van der Waals surface area contributed by atoms with E-state index in [1.54, 1.807) is 6.92 Å². The molecule has 2 rings (SSSR count). The van der Waals surface area contributed by atoms with E-state index in [9.17, 15) is 19.5 Å². The van der Waals surface area contributed by atoms with E-state index in [-0.39, 0.29) is 5.91 Å². The second-order valence-corrected chi connectivity index (χ2v) is 6.40. The third kappa shape index (κ3) is 5.03. The first-order valence-electron chi connectivity index (χ1n) is 8.52. The topological polar surface area (TPSA) is 113 Å². The van der Waals surface area contributed by atoms with Gasteiger partial charge in [-0.25, -0.2) is 4.79 Å². The van der Waals surface area contributed by atoms with Gasteiger partial charge in [-0.1, -0.05) is 30.3 Å². The lowest BCUT2D eigenvalue weighted by Crippen LogP contribution is -2.54. The smallest absolute Gasteiger partial charge is 0.326 e. The molecule has 0 aromatic heterocycles. The van der Waals surface area contributed by atoms with Crippen LogP contribution in [0.1, 0.15) is 31.7 Å². The summed E-state index contributed by atoms with van der Waals surface area (Å²) in [4.78, 5) is 36.9. The van der Waals surface area contributed by atoms with Gasteiger partial charge in [0.15, 0.2) is 0 Å². The van der Waals surface area contributed by atoms with Crippen LogP contribution in [0.3, 0.4) is 0 Å². The standard InChI is InChI=1S/C18H25N3O4/c1-12(17(23)21-11-5-8-15(21)18(24)25)20-14(16(19)22)10-9-13-6-3-2-4-7-13/h2-4,6-7,12,14-15,20H,5,8-11H2,1H3,(H2,19,22)(H,24,25)/t12-,14?,15-/m0/s1. The molecular weight excluding hydrogens is 322 g/mol. The maximum Gasteiger partial charge on any atom is 0.326 e. The summed E-state index contributed by atoms with van der Waals surface area (Å²) in [6, 6.07) is 7.60. The number of carbonyl (C=O) groups is 3. The van der Waals surface area contributed by atoms with E-state index in [2.05, 4.69) is 5.32 Å². The predicted octanol–water partition coefficient (Wildman–Crippen LogP) is 0.527. The molecule has 0 bridgehead atoms. The normalized spacial score (nSPS) is 19.4. The molecule has 0 spiro atoms. The van der Waals surface area contributed by atoms with Crippen LogP contribution in [0.5, 0.6) is 0 Å². The van der Waals surface area contributed by atoms with Gasteiger partial charge in [0.2, 0.25) is 11.8 Å². The third-order valence-corrected chi connectivity index (χ3v) is 4.55. The summed E-state index contributed by atoms with van der Waals surface area (Å²) < 4.78 is 0. The van der Waals surface area contributed by atoms with Crippen molar-refractivity contribution in [2.75, 3.05) is 6.54 Å². The Morgan fingerprint density at radius 2 is 2.00 bits per heavy atom. The fourth-order valence-corrected chi connectivity index (χ4v) is 3.17. The van der Waals surface area contributed by atoms with E-state index in [0.29, 0.717) is 32.2 Å². The number of rotatable bonds is 8. The molecule has 1 aromatic rings. The summed E-state index contributed by atoms with van der Waals surface area (Å²) >= 11 is 0. The number of carboxylic acids is 1. The molecule has 1 fully saturated rings. The van der Waals surface area contributed by atoms with Gasteiger partial charge >= 0.3 is 5.97 Å². The summed E-state index contributed by atoms with van der Waals surface area (Å²) in [7, 11) is 0. The Balaban J connectivity index is 1.95. The van der Waals surface area contributed by atoms with E-state index < -0.39 is 30.0 Å². The van der Waals surface area contributed by atoms with E-state index in [1.165, 1.54) is 4.90 Å². The molecule has 1 aliphatic rings. The average molecular weight is 347 g/mol. The van der Waals surface area contributed by atoms with Crippen molar-refractivity contribution in [3.63, 3.8) is 0 Å². The Hall–Kier alpha value is -2.41. The molecule has 7 heteroatoms. The number of nitrogens with zero attached hydrogens (tertiary/aromatic N) is 1. The van der Waals surface area contributed by atoms with Crippen LogP contribution in [0.15, 0.2) is 30.3 Å². The van der Waals surface area contributed by atoms with Crippen LogP contribution >= 0.6 is 0 Å². The molecule has 2 amide bonds. The zero-order chi connectivity index (χ0) is 18.4. The summed E-state index contributed by atoms with van der Waals surface area (Å²) in [6.07, 6.45) is 2.26. The molecule has 4 N–H and O–H groups in total. The number of likely N-dealkylation sites (tertiary alicyclic amines) is 1. The lowest BCUT2D eigenvalue weighted by Gasteiger charge is -2.27. The minimum Gasteiger partial charge on any atom is -0.480 e. The van der Waals surface area contributed by atoms with Crippen molar-refractivity contribution < 1.29 is 19.5 Å². The van der Waals surface area contributed by atoms with Crippen LogP contribution in [-0.4, -0.2) is 52.5 Å². The molecule has 0 aliphatic carbocycles. The zero-order valence-electron chi connectivity index (χ0n) is 14.4. The molecule has 1 heterocycles. The molecular formula is C18H25N3O4. The van der Waals surface area contributed by atoms with Crippen LogP contribution < -0.4 is 11.1 Å². The zero-order valence-corrected chi connectivity index (χ0v) is 14.4. The maximum atomic E-state index is 12.5. The van der Waals surface area contributed by atoms with Gasteiger partial charge in [0.05, 0.1) is 12.1 Å². The van der Waals surface area contributed by atoms with Gasteiger partial charge in [-0.2, -0.15) is 0 Å². The van der Waals surface area contributed by atoms with Gasteiger partial charge in [-0.15, -0.1) is 0 Å². The second kappa shape index (κ2) is 8.62. The Kier molecular flexibility index (Phi) is 6.52. The third-order valence-electron chi connectivity index (χ3n) is 4.55. The quantitative estimate of drug-likeness (QED) is 0.635. The Morgan fingerprint density at radius 3 is 2.60 bits per heavy atom. The van der Waals surface area contributed by atoms with Crippen molar-refractivity contribution in [2.24, 2.45) is 5.73 Å². The van der Waals surface area contributed by atoms with E-state index >= 15 is 0 Å². The minimum absolute atomic E-state index is 0.309. The average Bonchev–Trinajstić information content (AvgIpc) is 3.08. The number of amides is 2. The lowest BCUT2D eigenvalue weighted by atomic mass is 10.0. The monoisotopic (exact) mass is 347 g/mol. The van der Waals surface area contributed by atoms with Crippen molar-refractivity contribution in [3.05, 3.63) is 35.9 Å². The molecule has 7 nitrogen and oxygen atoms in total. The molecule has 136 valence electrons. The SMILES string of the molecule is C[C@H](NC(CCc1ccccc1)C(N)=O)C(=O)N1CCC[C@H]1C(=O)O. The van der Waals surface area contributed by atoms with Crippen LogP contribution in [0.2, 0.25) is 0 Å². The minimum atomic E-state index is -0.992. The first-order valence-corrected chi connectivity index (χ1v) is 8.52. The number of primary amides is 1. The van der Waals surface area contributed by atoms with Crippen molar-refractivity contribution in [1.82, 2.24) is 10.2 Å². The number of hydrogen-bond acceptors (Lipinski definition) is 4. The van der Waals surface area contributed by atoms with Gasteiger partial charge in [-0.05, 0) is 38.2 Å². The molecule has 1 aliphatic heterocycles. The number of nitrogens with one attached hydrogen (secondary N) is 1. The summed E-state index contributed by atoms with van der Waals surface area (Å²) in [5, 5.41) is 12.2. The van der Waals surface area contributed by atoms with Crippen LogP contribution in [-0.2, 0) is 20.8 Å². The van der Waals surface area contributed by atoms with Gasteiger partial charge < -0.3 is 15.7 Å². The fraction of sp³-hybridized carbons (Fsp3) is 0.500. The van der Waals surface area contributed by atoms with Gasteiger partial charge in [-0.3, -0.25) is 14.9 Å². The number of carbonyl (C=O) groups excluding carboxylic acids is 2. The number of aryl methyl sites for hydroxylation is 1. The lowest BCUT2D eigenvalue weighted by molar-refractivity contribution is -0.149. The van der Waals surface area contributed by atoms with Crippen molar-refractivity contribution in [3.8, 4) is 0 Å². The summed E-state index contributed by atoms with van der Waals surface area (Å²) in [5.74, 6) is -1.82. The van der Waals surface area contributed by atoms with Crippen LogP contribution in [0, 0.1) is 0 Å². The molecule has 1 unspecified atom stereocenters. The van der Waals surface area contributed by atoms with Crippen LogP contribution in [0.25, 0.3) is 0 Å². The first-order chi connectivity index (χ1) is 11.9. The van der Waals surface area contributed by atoms with Crippen molar-refractivity contribution in [2.45, 2.75) is 50.7 Å². The Morgan fingerprint density at radius 1 is 1.32 bits per heavy atom. The molecule has 0 saturated carbocycles. The molecule has 25 heavy (non-hydrogen) atoms. The van der Waals surface area contributed by atoms with Crippen LogP contribution in [0.4, 0.5) is 0 Å². The molecule has 1 aromatic carbocycles. The van der Waals surface area contributed by atoms with Crippen molar-refractivity contribution >= 4 is 17.8 Å². The highest BCUT2D eigenvalue weighted by atomic mass is 16.4. The number of hydrogen-bond donors (Lipinski definition) is 3. The number of benzene rings is 1. The Labute approximate surface area is 147 Å². The van der Waals surface area contributed by atoms with E-state index in [1.807, 2.05) is 30.3 Å². The fourth-order valence-electron chi connectivity index (χ4n) is 3.17. The number of aliphatic carboxylic acids is 1. The largest absolute Gasteiger partial charge is 0.480 e. The number of carboxylic acid groups (broad SMARTS) is 1. The van der Waals surface area contributed by atoms with E-state index in [0.717, 1.165) is 5.56 Å². The van der Waals surface area contributed by atoms with Gasteiger partial charge in [0.1, 0.15) is 6.04 Å². The summed E-state index contributed by atoms with van der Waals surface area (Å²) in [5.41, 5.74) is 6.54. The summed E-state index contributed by atoms with van der Waals surface area (Å²) in [6.45, 7) is 2.06. The van der Waals surface area contributed by atoms with Crippen molar-refractivity contribution in [1.29, 1.82) is 0 Å². The Bertz CT molecular complexity index is 620. The maximum absolute atomic E-state index is 12.5. The molecule has 3 atom stereocenters. The second-order valence-electron chi connectivity index (χ2n) is 6.40. The number of nitrogens with two attached hydrogens (primary N) is 1. The predicted molar refractivity (Wildman–Crippen MR) is 92.7 cm³/mol. The highest BCUT2D eigenvalue weighted by molar-refractivity contribution is 5.88. The van der Waals surface area contributed by atoms with Gasteiger partial charge in [0.25, 0.3) is 0 Å².